The molecule has 0 amide bonds. The van der Waals surface area contributed by atoms with E-state index >= 15 is 0 Å². The molecule has 6 heteroatoms. The lowest BCUT2D eigenvalue weighted by Crippen LogP contribution is -2.23. The number of aryl methyl sites for hydroxylation is 1. The van der Waals surface area contributed by atoms with E-state index in [0.29, 0.717) is 19.1 Å². The molecule has 5 nitrogen and oxygen atoms in total. The standard InChI is InChI=1S/C19H25N3O2.HI/c1-15-9-11-16(12-10-15)24-14-6-5-13-21-19(20)22-17-7-3-4-8-18(17)23-2;/h3-4,7-12H,5-6,13-14H2,1-2H3,(H3,20,21,22);1H. The largest absolute Gasteiger partial charge is 0.495 e. The number of ether oxygens (including phenoxy) is 2. The molecule has 0 bridgehead atoms. The molecule has 0 spiro atoms. The second-order valence-electron chi connectivity index (χ2n) is 5.46. The van der Waals surface area contributed by atoms with Gasteiger partial charge in [0.1, 0.15) is 11.5 Å². The SMILES string of the molecule is COc1ccccc1NC(N)=NCCCCOc1ccc(C)cc1.I. The molecule has 0 heterocycles. The number of benzene rings is 2. The summed E-state index contributed by atoms with van der Waals surface area (Å²) in [7, 11) is 1.63. The molecule has 0 aliphatic heterocycles. The van der Waals surface area contributed by atoms with Crippen molar-refractivity contribution in [2.45, 2.75) is 19.8 Å². The Morgan fingerprint density at radius 2 is 1.80 bits per heavy atom. The number of nitrogens with one attached hydrogen (secondary N) is 1. The van der Waals surface area contributed by atoms with Crippen molar-refractivity contribution < 1.29 is 9.47 Å². The van der Waals surface area contributed by atoms with Crippen LogP contribution in [0.5, 0.6) is 11.5 Å². The van der Waals surface area contributed by atoms with Crippen molar-refractivity contribution in [3.8, 4) is 11.5 Å². The maximum absolute atomic E-state index is 5.90. The van der Waals surface area contributed by atoms with E-state index in [1.54, 1.807) is 7.11 Å². The van der Waals surface area contributed by atoms with Gasteiger partial charge in [-0.25, -0.2) is 0 Å². The van der Waals surface area contributed by atoms with Gasteiger partial charge in [0, 0.05) is 6.54 Å². The summed E-state index contributed by atoms with van der Waals surface area (Å²) in [6.07, 6.45) is 1.85. The first kappa shape index (κ1) is 21.1. The van der Waals surface area contributed by atoms with Crippen LogP contribution in [-0.2, 0) is 0 Å². The Kier molecular flexibility index (Phi) is 9.76. The Hall–Kier alpha value is -1.96. The predicted octanol–water partition coefficient (Wildman–Crippen LogP) is 4.21. The molecule has 0 aromatic heterocycles. The second kappa shape index (κ2) is 11.6. The maximum atomic E-state index is 5.90. The van der Waals surface area contributed by atoms with Crippen molar-refractivity contribution in [2.24, 2.45) is 10.7 Å². The molecule has 25 heavy (non-hydrogen) atoms. The molecule has 0 saturated heterocycles. The Bertz CT molecular complexity index is 660. The molecule has 3 N–H and O–H groups in total. The van der Waals surface area contributed by atoms with E-state index in [4.69, 9.17) is 15.2 Å². The summed E-state index contributed by atoms with van der Waals surface area (Å²) in [4.78, 5) is 4.32. The quantitative estimate of drug-likeness (QED) is 0.271. The number of para-hydroxylation sites is 2. The van der Waals surface area contributed by atoms with Gasteiger partial charge in [0.15, 0.2) is 5.96 Å². The van der Waals surface area contributed by atoms with E-state index in [9.17, 15) is 0 Å². The number of unbranched alkanes of at least 4 members (excludes halogenated alkanes) is 1. The Morgan fingerprint density at radius 3 is 2.52 bits per heavy atom. The molecule has 2 rings (SSSR count). The van der Waals surface area contributed by atoms with Crippen LogP contribution in [0.2, 0.25) is 0 Å². The first-order valence-corrected chi connectivity index (χ1v) is 8.08. The highest BCUT2D eigenvalue weighted by Gasteiger charge is 2.02. The van der Waals surface area contributed by atoms with Crippen molar-refractivity contribution >= 4 is 35.6 Å². The number of nitrogens with two attached hydrogens (primary N) is 1. The highest BCUT2D eigenvalue weighted by molar-refractivity contribution is 14.0. The average Bonchev–Trinajstić information content (AvgIpc) is 2.60. The van der Waals surface area contributed by atoms with Gasteiger partial charge >= 0.3 is 0 Å². The van der Waals surface area contributed by atoms with Gasteiger partial charge in [-0.15, -0.1) is 24.0 Å². The lowest BCUT2D eigenvalue weighted by atomic mass is 10.2. The molecule has 0 radical (unpaired) electrons. The van der Waals surface area contributed by atoms with Crippen LogP contribution in [0.15, 0.2) is 53.5 Å². The molecule has 2 aromatic rings. The van der Waals surface area contributed by atoms with Crippen molar-refractivity contribution in [2.75, 3.05) is 25.6 Å². The number of methoxy groups -OCH3 is 1. The minimum Gasteiger partial charge on any atom is -0.495 e. The van der Waals surface area contributed by atoms with Crippen LogP contribution in [0.25, 0.3) is 0 Å². The third-order valence-corrected chi connectivity index (χ3v) is 3.49. The van der Waals surface area contributed by atoms with Crippen LogP contribution in [0, 0.1) is 6.92 Å². The number of halogens is 1. The van der Waals surface area contributed by atoms with Crippen LogP contribution in [0.4, 0.5) is 5.69 Å². The van der Waals surface area contributed by atoms with Gasteiger partial charge in [-0.2, -0.15) is 0 Å². The number of anilines is 1. The third kappa shape index (κ3) is 7.64. The lowest BCUT2D eigenvalue weighted by molar-refractivity contribution is 0.308. The third-order valence-electron chi connectivity index (χ3n) is 3.49. The van der Waals surface area contributed by atoms with Crippen molar-refractivity contribution in [3.63, 3.8) is 0 Å². The zero-order valence-electron chi connectivity index (χ0n) is 14.7. The molecule has 0 aliphatic carbocycles. The predicted molar refractivity (Wildman–Crippen MR) is 114 cm³/mol. The summed E-state index contributed by atoms with van der Waals surface area (Å²) in [6, 6.07) is 15.7. The number of rotatable bonds is 8. The molecular formula is C19H26IN3O2. The van der Waals surface area contributed by atoms with Crippen molar-refractivity contribution in [1.29, 1.82) is 0 Å². The Labute approximate surface area is 166 Å². The molecule has 0 aliphatic rings. The summed E-state index contributed by atoms with van der Waals surface area (Å²) in [5.74, 6) is 2.03. The minimum absolute atomic E-state index is 0. The first-order valence-electron chi connectivity index (χ1n) is 8.08. The van der Waals surface area contributed by atoms with Gasteiger partial charge in [0.25, 0.3) is 0 Å². The lowest BCUT2D eigenvalue weighted by Gasteiger charge is -2.10. The second-order valence-corrected chi connectivity index (χ2v) is 5.46. The summed E-state index contributed by atoms with van der Waals surface area (Å²) < 4.78 is 10.9. The van der Waals surface area contributed by atoms with Gasteiger partial charge in [0.05, 0.1) is 19.4 Å². The van der Waals surface area contributed by atoms with E-state index in [2.05, 4.69) is 17.2 Å². The zero-order valence-corrected chi connectivity index (χ0v) is 17.0. The summed E-state index contributed by atoms with van der Waals surface area (Å²) in [6.45, 7) is 3.40. The minimum atomic E-state index is 0. The molecule has 2 aromatic carbocycles. The van der Waals surface area contributed by atoms with E-state index in [1.165, 1.54) is 5.56 Å². The van der Waals surface area contributed by atoms with Crippen LogP contribution in [0.1, 0.15) is 18.4 Å². The van der Waals surface area contributed by atoms with E-state index in [0.717, 1.165) is 30.0 Å². The molecule has 0 unspecified atom stereocenters. The fourth-order valence-electron chi connectivity index (χ4n) is 2.16. The van der Waals surface area contributed by atoms with E-state index < -0.39 is 0 Å². The van der Waals surface area contributed by atoms with Crippen molar-refractivity contribution in [1.82, 2.24) is 0 Å². The number of hydrogen-bond donors (Lipinski definition) is 2. The molecule has 0 atom stereocenters. The molecule has 0 fully saturated rings. The zero-order chi connectivity index (χ0) is 17.2. The van der Waals surface area contributed by atoms with Crippen LogP contribution < -0.4 is 20.5 Å². The van der Waals surface area contributed by atoms with E-state index in [-0.39, 0.29) is 24.0 Å². The summed E-state index contributed by atoms with van der Waals surface area (Å²) in [5, 5.41) is 3.05. The molecule has 136 valence electrons. The van der Waals surface area contributed by atoms with Crippen LogP contribution >= 0.6 is 24.0 Å². The fourth-order valence-corrected chi connectivity index (χ4v) is 2.16. The normalized spacial score (nSPS) is 10.7. The molecule has 0 saturated carbocycles. The van der Waals surface area contributed by atoms with Gasteiger partial charge in [-0.05, 0) is 44.0 Å². The maximum Gasteiger partial charge on any atom is 0.193 e. The van der Waals surface area contributed by atoms with Gasteiger partial charge < -0.3 is 20.5 Å². The first-order chi connectivity index (χ1) is 11.7. The van der Waals surface area contributed by atoms with Gasteiger partial charge in [-0.3, -0.25) is 4.99 Å². The Balaban J connectivity index is 0.00000312. The average molecular weight is 455 g/mol. The fraction of sp³-hybridized carbons (Fsp3) is 0.316. The summed E-state index contributed by atoms with van der Waals surface area (Å²) in [5.41, 5.74) is 7.94. The van der Waals surface area contributed by atoms with Crippen molar-refractivity contribution in [3.05, 3.63) is 54.1 Å². The topological polar surface area (TPSA) is 68.9 Å². The monoisotopic (exact) mass is 455 g/mol. The highest BCUT2D eigenvalue weighted by Crippen LogP contribution is 2.22. The smallest absolute Gasteiger partial charge is 0.193 e. The van der Waals surface area contributed by atoms with E-state index in [1.807, 2.05) is 48.5 Å². The number of aliphatic imine (C=N–C) groups is 1. The Morgan fingerprint density at radius 1 is 1.08 bits per heavy atom. The summed E-state index contributed by atoms with van der Waals surface area (Å²) >= 11 is 0. The van der Waals surface area contributed by atoms with Crippen LogP contribution in [0.3, 0.4) is 0 Å². The van der Waals surface area contributed by atoms with Crippen LogP contribution in [-0.4, -0.2) is 26.2 Å². The van der Waals surface area contributed by atoms with Gasteiger partial charge in [0.2, 0.25) is 0 Å². The molecular weight excluding hydrogens is 429 g/mol. The number of nitrogens with zero attached hydrogens (tertiary/aromatic N) is 1. The number of hydrogen-bond acceptors (Lipinski definition) is 3. The highest BCUT2D eigenvalue weighted by atomic mass is 127. The van der Waals surface area contributed by atoms with Gasteiger partial charge in [-0.1, -0.05) is 29.8 Å². The number of guanidine groups is 1.